The molecule has 0 aliphatic carbocycles. The van der Waals surface area contributed by atoms with Gasteiger partial charge >= 0.3 is 0 Å². The molecular formula is C22H21N7O. The molecule has 0 saturated carbocycles. The lowest BCUT2D eigenvalue weighted by atomic mass is 10.1. The van der Waals surface area contributed by atoms with E-state index in [9.17, 15) is 0 Å². The first kappa shape index (κ1) is 17.1. The van der Waals surface area contributed by atoms with E-state index >= 15 is 0 Å². The Labute approximate surface area is 173 Å². The Bertz CT molecular complexity index is 1280. The molecule has 2 aliphatic rings. The fourth-order valence-corrected chi connectivity index (χ4v) is 4.36. The SMILES string of the molecule is CC1CCCN1c1cc(-c2cc3c4c(n[nH]c4c2)Nc2ccccc2O3)nc(N)n1. The highest BCUT2D eigenvalue weighted by Crippen LogP contribution is 2.44. The molecule has 4 aromatic rings. The molecule has 8 heteroatoms. The van der Waals surface area contributed by atoms with Gasteiger partial charge in [0, 0.05) is 24.2 Å². The first-order valence-corrected chi connectivity index (χ1v) is 10.1. The maximum absolute atomic E-state index is 6.26. The smallest absolute Gasteiger partial charge is 0.222 e. The van der Waals surface area contributed by atoms with Gasteiger partial charge in [-0.25, -0.2) is 4.98 Å². The number of aromatic amines is 1. The lowest BCUT2D eigenvalue weighted by Gasteiger charge is -2.23. The van der Waals surface area contributed by atoms with Gasteiger partial charge < -0.3 is 20.7 Å². The van der Waals surface area contributed by atoms with E-state index in [0.717, 1.165) is 70.4 Å². The van der Waals surface area contributed by atoms with E-state index in [1.165, 1.54) is 0 Å². The number of nitrogens with two attached hydrogens (primary N) is 1. The van der Waals surface area contributed by atoms with Gasteiger partial charge in [0.05, 0.1) is 22.3 Å². The summed E-state index contributed by atoms with van der Waals surface area (Å²) in [7, 11) is 0. The Hall–Kier alpha value is -3.81. The molecule has 1 atom stereocenters. The molecule has 0 amide bonds. The van der Waals surface area contributed by atoms with Crippen molar-refractivity contribution >= 4 is 34.2 Å². The van der Waals surface area contributed by atoms with Crippen molar-refractivity contribution in [2.75, 3.05) is 22.5 Å². The summed E-state index contributed by atoms with van der Waals surface area (Å²) in [6, 6.07) is 14.3. The van der Waals surface area contributed by atoms with Crippen molar-refractivity contribution in [2.45, 2.75) is 25.8 Å². The first-order valence-electron chi connectivity index (χ1n) is 10.1. The second-order valence-corrected chi connectivity index (χ2v) is 7.85. The summed E-state index contributed by atoms with van der Waals surface area (Å²) in [6.07, 6.45) is 2.32. The molecule has 30 heavy (non-hydrogen) atoms. The molecule has 0 bridgehead atoms. The van der Waals surface area contributed by atoms with Gasteiger partial charge in [-0.15, -0.1) is 0 Å². The van der Waals surface area contributed by atoms with Crippen LogP contribution in [-0.2, 0) is 0 Å². The number of fused-ring (bicyclic) bond motifs is 1. The summed E-state index contributed by atoms with van der Waals surface area (Å²) in [6.45, 7) is 3.20. The number of benzene rings is 2. The number of nitrogens with zero attached hydrogens (tertiary/aromatic N) is 4. The third-order valence-electron chi connectivity index (χ3n) is 5.86. The van der Waals surface area contributed by atoms with Crippen molar-refractivity contribution in [1.29, 1.82) is 0 Å². The minimum absolute atomic E-state index is 0.269. The Morgan fingerprint density at radius 3 is 2.90 bits per heavy atom. The Kier molecular flexibility index (Phi) is 3.61. The summed E-state index contributed by atoms with van der Waals surface area (Å²) in [5.41, 5.74) is 9.49. The van der Waals surface area contributed by atoms with Crippen molar-refractivity contribution in [3.63, 3.8) is 0 Å². The number of nitrogen functional groups attached to an aromatic ring is 1. The molecule has 0 radical (unpaired) electrons. The van der Waals surface area contributed by atoms with E-state index in [2.05, 4.69) is 37.3 Å². The first-order chi connectivity index (χ1) is 14.7. The van der Waals surface area contributed by atoms with Gasteiger partial charge in [0.15, 0.2) is 11.6 Å². The second-order valence-electron chi connectivity index (χ2n) is 7.85. The standard InChI is InChI=1S/C22H21N7O/c1-12-5-4-8-29(12)19-11-15(25-22(23)26-19)13-9-16-20-18(10-13)30-17-7-3-2-6-14(17)24-21(20)28-27-16/h2-3,6-7,9-12H,4-5,8H2,1H3,(H2,23,25,26)(H2,24,27,28). The molecule has 4 heterocycles. The zero-order valence-corrected chi connectivity index (χ0v) is 16.5. The van der Waals surface area contributed by atoms with E-state index in [1.807, 2.05) is 42.5 Å². The molecule has 4 N–H and O–H groups in total. The molecule has 2 aromatic heterocycles. The zero-order valence-electron chi connectivity index (χ0n) is 16.5. The van der Waals surface area contributed by atoms with Crippen LogP contribution in [0.4, 0.5) is 23.3 Å². The Morgan fingerprint density at radius 2 is 2.03 bits per heavy atom. The highest BCUT2D eigenvalue weighted by molar-refractivity contribution is 6.00. The van der Waals surface area contributed by atoms with Crippen molar-refractivity contribution in [3.05, 3.63) is 42.5 Å². The van der Waals surface area contributed by atoms with E-state index in [1.54, 1.807) is 0 Å². The Morgan fingerprint density at radius 1 is 1.13 bits per heavy atom. The monoisotopic (exact) mass is 399 g/mol. The van der Waals surface area contributed by atoms with Crippen molar-refractivity contribution in [3.8, 4) is 22.8 Å². The minimum Gasteiger partial charge on any atom is -0.454 e. The van der Waals surface area contributed by atoms with Crippen molar-refractivity contribution in [2.24, 2.45) is 0 Å². The van der Waals surface area contributed by atoms with Crippen LogP contribution in [0.15, 0.2) is 42.5 Å². The fourth-order valence-electron chi connectivity index (χ4n) is 4.36. The maximum atomic E-state index is 6.26. The number of para-hydroxylation sites is 2. The molecule has 1 unspecified atom stereocenters. The van der Waals surface area contributed by atoms with E-state index < -0.39 is 0 Å². The number of ether oxygens (including phenoxy) is 1. The van der Waals surface area contributed by atoms with Gasteiger partial charge in [0.25, 0.3) is 0 Å². The molecular weight excluding hydrogens is 378 g/mol. The normalized spacial score (nSPS) is 17.4. The maximum Gasteiger partial charge on any atom is 0.222 e. The molecule has 2 aliphatic heterocycles. The van der Waals surface area contributed by atoms with Gasteiger partial charge in [-0.3, -0.25) is 5.10 Å². The topological polar surface area (TPSA) is 105 Å². The van der Waals surface area contributed by atoms with Crippen LogP contribution in [0.5, 0.6) is 11.5 Å². The zero-order chi connectivity index (χ0) is 20.2. The van der Waals surface area contributed by atoms with Gasteiger partial charge in [0.1, 0.15) is 11.6 Å². The predicted molar refractivity (Wildman–Crippen MR) is 117 cm³/mol. The van der Waals surface area contributed by atoms with Gasteiger partial charge in [-0.05, 0) is 44.0 Å². The number of nitrogens with one attached hydrogen (secondary N) is 2. The van der Waals surface area contributed by atoms with E-state index in [-0.39, 0.29) is 5.95 Å². The highest BCUT2D eigenvalue weighted by atomic mass is 16.5. The summed E-state index contributed by atoms with van der Waals surface area (Å²) in [5.74, 6) is 3.35. The van der Waals surface area contributed by atoms with Crippen molar-refractivity contribution in [1.82, 2.24) is 20.2 Å². The number of aromatic nitrogens is 4. The number of rotatable bonds is 2. The van der Waals surface area contributed by atoms with Crippen LogP contribution in [0.1, 0.15) is 19.8 Å². The minimum atomic E-state index is 0.269. The summed E-state index contributed by atoms with van der Waals surface area (Å²) in [5, 5.41) is 11.8. The Balaban J connectivity index is 1.49. The molecule has 1 saturated heterocycles. The van der Waals surface area contributed by atoms with Crippen LogP contribution < -0.4 is 20.7 Å². The lowest BCUT2D eigenvalue weighted by Crippen LogP contribution is -2.27. The molecule has 0 spiro atoms. The van der Waals surface area contributed by atoms with Crippen LogP contribution in [0.2, 0.25) is 0 Å². The van der Waals surface area contributed by atoms with E-state index in [0.29, 0.717) is 6.04 Å². The largest absolute Gasteiger partial charge is 0.454 e. The van der Waals surface area contributed by atoms with Gasteiger partial charge in [-0.2, -0.15) is 10.1 Å². The number of hydrogen-bond acceptors (Lipinski definition) is 7. The van der Waals surface area contributed by atoms with Crippen LogP contribution in [-0.4, -0.2) is 32.8 Å². The van der Waals surface area contributed by atoms with Crippen LogP contribution in [0, 0.1) is 0 Å². The fraction of sp³-hybridized carbons (Fsp3) is 0.227. The number of hydrogen-bond donors (Lipinski definition) is 3. The van der Waals surface area contributed by atoms with Gasteiger partial charge in [0.2, 0.25) is 5.95 Å². The van der Waals surface area contributed by atoms with Gasteiger partial charge in [-0.1, -0.05) is 12.1 Å². The third kappa shape index (κ3) is 2.64. The average Bonchev–Trinajstić information content (AvgIpc) is 3.30. The molecule has 6 rings (SSSR count). The number of H-pyrrole nitrogens is 1. The third-order valence-corrected chi connectivity index (χ3v) is 5.86. The van der Waals surface area contributed by atoms with E-state index in [4.69, 9.17) is 10.5 Å². The highest BCUT2D eigenvalue weighted by Gasteiger charge is 2.24. The second kappa shape index (κ2) is 6.35. The lowest BCUT2D eigenvalue weighted by molar-refractivity contribution is 0.492. The van der Waals surface area contributed by atoms with Crippen LogP contribution in [0.25, 0.3) is 22.2 Å². The average molecular weight is 399 g/mol. The van der Waals surface area contributed by atoms with Crippen molar-refractivity contribution < 1.29 is 4.74 Å². The summed E-state index contributed by atoms with van der Waals surface area (Å²) < 4.78 is 6.26. The molecule has 150 valence electrons. The predicted octanol–water partition coefficient (Wildman–Crippen LogP) is 4.44. The van der Waals surface area contributed by atoms with Crippen LogP contribution in [0.3, 0.4) is 0 Å². The molecule has 2 aromatic carbocycles. The molecule has 1 fully saturated rings. The van der Waals surface area contributed by atoms with Crippen LogP contribution >= 0.6 is 0 Å². The quantitative estimate of drug-likeness (QED) is 0.403. The summed E-state index contributed by atoms with van der Waals surface area (Å²) in [4.78, 5) is 11.3. The molecule has 8 nitrogen and oxygen atoms in total. The summed E-state index contributed by atoms with van der Waals surface area (Å²) >= 11 is 0. The number of anilines is 4.